The fourth-order valence-electron chi connectivity index (χ4n) is 3.35. The molecule has 6 heteroatoms. The van der Waals surface area contributed by atoms with Crippen molar-refractivity contribution in [3.63, 3.8) is 0 Å². The predicted octanol–water partition coefficient (Wildman–Crippen LogP) is 4.21. The van der Waals surface area contributed by atoms with E-state index in [0.29, 0.717) is 13.1 Å². The normalized spacial score (nSPS) is 16.2. The standard InChI is InChI=1S/C23H22N2O3S/c1-16-7-9-18(10-8-16)22-24-20(15-29-22)14-28-23(27)19-11-21(26)25(13-19)12-17-5-3-2-4-6-17/h2-10,15,19H,11-14H2,1H3/t19-/m0/s1. The molecule has 1 amide bonds. The molecule has 0 unspecified atom stereocenters. The van der Waals surface area contributed by atoms with Crippen LogP contribution in [0, 0.1) is 12.8 Å². The van der Waals surface area contributed by atoms with E-state index < -0.39 is 5.92 Å². The Labute approximate surface area is 174 Å². The lowest BCUT2D eigenvalue weighted by Crippen LogP contribution is -2.26. The number of ether oxygens (including phenoxy) is 1. The minimum Gasteiger partial charge on any atom is -0.459 e. The van der Waals surface area contributed by atoms with Crippen LogP contribution in [-0.4, -0.2) is 28.3 Å². The second-order valence-electron chi connectivity index (χ2n) is 7.28. The van der Waals surface area contributed by atoms with Gasteiger partial charge in [-0.1, -0.05) is 60.2 Å². The number of amides is 1. The number of aryl methyl sites for hydroxylation is 1. The molecule has 1 fully saturated rings. The molecule has 0 aliphatic carbocycles. The fourth-order valence-corrected chi connectivity index (χ4v) is 4.16. The number of esters is 1. The monoisotopic (exact) mass is 406 g/mol. The van der Waals surface area contributed by atoms with Gasteiger partial charge in [0.05, 0.1) is 11.6 Å². The lowest BCUT2D eigenvalue weighted by atomic mass is 10.1. The van der Waals surface area contributed by atoms with Crippen molar-refractivity contribution in [1.29, 1.82) is 0 Å². The van der Waals surface area contributed by atoms with Crippen LogP contribution in [0.1, 0.15) is 23.2 Å². The van der Waals surface area contributed by atoms with Crippen molar-refractivity contribution < 1.29 is 14.3 Å². The number of hydrogen-bond acceptors (Lipinski definition) is 5. The zero-order valence-corrected chi connectivity index (χ0v) is 17.0. The van der Waals surface area contributed by atoms with Gasteiger partial charge >= 0.3 is 5.97 Å². The molecule has 1 aliphatic rings. The molecule has 1 atom stereocenters. The summed E-state index contributed by atoms with van der Waals surface area (Å²) in [7, 11) is 0. The van der Waals surface area contributed by atoms with Gasteiger partial charge in [0.1, 0.15) is 11.6 Å². The second-order valence-corrected chi connectivity index (χ2v) is 8.14. The number of likely N-dealkylation sites (tertiary alicyclic amines) is 1. The first kappa shape index (κ1) is 19.3. The Morgan fingerprint density at radius 1 is 1.17 bits per heavy atom. The molecular weight excluding hydrogens is 384 g/mol. The SMILES string of the molecule is Cc1ccc(-c2nc(COC(=O)[C@H]3CC(=O)N(Cc4ccccc4)C3)cs2)cc1. The highest BCUT2D eigenvalue weighted by molar-refractivity contribution is 7.13. The molecule has 148 valence electrons. The molecule has 2 heterocycles. The van der Waals surface area contributed by atoms with Crippen molar-refractivity contribution in [2.45, 2.75) is 26.5 Å². The lowest BCUT2D eigenvalue weighted by Gasteiger charge is -2.16. The summed E-state index contributed by atoms with van der Waals surface area (Å²) >= 11 is 1.53. The van der Waals surface area contributed by atoms with Crippen LogP contribution in [0.5, 0.6) is 0 Å². The molecular formula is C23H22N2O3S. The van der Waals surface area contributed by atoms with Crippen molar-refractivity contribution in [3.05, 3.63) is 76.8 Å². The third-order valence-electron chi connectivity index (χ3n) is 4.98. The first-order chi connectivity index (χ1) is 14.1. The Hall–Kier alpha value is -2.99. The Morgan fingerprint density at radius 3 is 2.69 bits per heavy atom. The molecule has 0 N–H and O–H groups in total. The van der Waals surface area contributed by atoms with Gasteiger partial charge in [0, 0.05) is 30.5 Å². The van der Waals surface area contributed by atoms with E-state index in [9.17, 15) is 9.59 Å². The Morgan fingerprint density at radius 2 is 1.93 bits per heavy atom. The lowest BCUT2D eigenvalue weighted by molar-refractivity contribution is -0.149. The van der Waals surface area contributed by atoms with Gasteiger partial charge in [0.2, 0.25) is 5.91 Å². The van der Waals surface area contributed by atoms with Crippen LogP contribution in [-0.2, 0) is 27.5 Å². The number of carbonyl (C=O) groups excluding carboxylic acids is 2. The number of hydrogen-bond donors (Lipinski definition) is 0. The summed E-state index contributed by atoms with van der Waals surface area (Å²) in [5.74, 6) is -0.758. The van der Waals surface area contributed by atoms with Crippen LogP contribution < -0.4 is 0 Å². The topological polar surface area (TPSA) is 59.5 Å². The number of thiazole rings is 1. The van der Waals surface area contributed by atoms with Crippen LogP contribution in [0.15, 0.2) is 60.0 Å². The van der Waals surface area contributed by atoms with Gasteiger partial charge in [0.25, 0.3) is 0 Å². The van der Waals surface area contributed by atoms with Gasteiger partial charge in [-0.25, -0.2) is 4.98 Å². The molecule has 1 saturated heterocycles. The van der Waals surface area contributed by atoms with E-state index in [1.54, 1.807) is 4.90 Å². The molecule has 0 saturated carbocycles. The molecule has 1 aliphatic heterocycles. The number of benzene rings is 2. The van der Waals surface area contributed by atoms with E-state index in [2.05, 4.69) is 17.1 Å². The van der Waals surface area contributed by atoms with Gasteiger partial charge in [-0.15, -0.1) is 11.3 Å². The summed E-state index contributed by atoms with van der Waals surface area (Å²) in [6.07, 6.45) is 0.206. The second kappa shape index (κ2) is 8.57. The zero-order valence-electron chi connectivity index (χ0n) is 16.2. The largest absolute Gasteiger partial charge is 0.459 e. The average molecular weight is 407 g/mol. The molecule has 0 bridgehead atoms. The molecule has 3 aromatic rings. The number of rotatable bonds is 6. The zero-order chi connectivity index (χ0) is 20.2. The highest BCUT2D eigenvalue weighted by atomic mass is 32.1. The highest BCUT2D eigenvalue weighted by Crippen LogP contribution is 2.25. The van der Waals surface area contributed by atoms with Crippen LogP contribution in [0.4, 0.5) is 0 Å². The average Bonchev–Trinajstić information content (AvgIpc) is 3.35. The van der Waals surface area contributed by atoms with E-state index >= 15 is 0 Å². The highest BCUT2D eigenvalue weighted by Gasteiger charge is 2.35. The maximum absolute atomic E-state index is 12.5. The summed E-state index contributed by atoms with van der Waals surface area (Å²) in [4.78, 5) is 31.0. The van der Waals surface area contributed by atoms with E-state index in [4.69, 9.17) is 4.74 Å². The maximum Gasteiger partial charge on any atom is 0.311 e. The molecule has 1 aromatic heterocycles. The van der Waals surface area contributed by atoms with Gasteiger partial charge in [-0.2, -0.15) is 0 Å². The van der Waals surface area contributed by atoms with Crippen LogP contribution >= 0.6 is 11.3 Å². The van der Waals surface area contributed by atoms with Crippen molar-refractivity contribution >= 4 is 23.2 Å². The maximum atomic E-state index is 12.5. The van der Waals surface area contributed by atoms with Gasteiger partial charge in [-0.05, 0) is 12.5 Å². The van der Waals surface area contributed by atoms with Gasteiger partial charge < -0.3 is 9.64 Å². The summed E-state index contributed by atoms with van der Waals surface area (Å²) in [5.41, 5.74) is 4.04. The number of carbonyl (C=O) groups is 2. The van der Waals surface area contributed by atoms with E-state index in [1.807, 2.05) is 54.8 Å². The van der Waals surface area contributed by atoms with Crippen LogP contribution in [0.25, 0.3) is 10.6 Å². The van der Waals surface area contributed by atoms with E-state index in [1.165, 1.54) is 16.9 Å². The minimum absolute atomic E-state index is 0.00822. The molecule has 2 aromatic carbocycles. The molecule has 0 spiro atoms. The Bertz CT molecular complexity index is 998. The minimum atomic E-state index is -0.415. The summed E-state index contributed by atoms with van der Waals surface area (Å²) < 4.78 is 5.45. The molecule has 5 nitrogen and oxygen atoms in total. The molecule has 0 radical (unpaired) electrons. The van der Waals surface area contributed by atoms with Crippen molar-refractivity contribution in [2.24, 2.45) is 5.92 Å². The summed E-state index contributed by atoms with van der Waals surface area (Å²) in [6, 6.07) is 18.0. The third kappa shape index (κ3) is 4.71. The van der Waals surface area contributed by atoms with Gasteiger partial charge in [-0.3, -0.25) is 9.59 Å². The third-order valence-corrected chi connectivity index (χ3v) is 5.92. The number of nitrogens with zero attached hydrogens (tertiary/aromatic N) is 2. The predicted molar refractivity (Wildman–Crippen MR) is 112 cm³/mol. The first-order valence-electron chi connectivity index (χ1n) is 9.58. The quantitative estimate of drug-likeness (QED) is 0.576. The Kier molecular flexibility index (Phi) is 5.71. The number of aromatic nitrogens is 1. The van der Waals surface area contributed by atoms with E-state index in [-0.39, 0.29) is 24.9 Å². The van der Waals surface area contributed by atoms with Crippen molar-refractivity contribution in [2.75, 3.05) is 6.54 Å². The van der Waals surface area contributed by atoms with Crippen molar-refractivity contribution in [3.8, 4) is 10.6 Å². The van der Waals surface area contributed by atoms with Gasteiger partial charge in [0.15, 0.2) is 0 Å². The summed E-state index contributed by atoms with van der Waals surface area (Å²) in [6.45, 7) is 3.10. The first-order valence-corrected chi connectivity index (χ1v) is 10.5. The smallest absolute Gasteiger partial charge is 0.311 e. The molecule has 4 rings (SSSR count). The van der Waals surface area contributed by atoms with Crippen LogP contribution in [0.3, 0.4) is 0 Å². The Balaban J connectivity index is 1.31. The van der Waals surface area contributed by atoms with E-state index in [0.717, 1.165) is 21.8 Å². The summed E-state index contributed by atoms with van der Waals surface area (Å²) in [5, 5.41) is 2.81. The fraction of sp³-hybridized carbons (Fsp3) is 0.261. The van der Waals surface area contributed by atoms with Crippen LogP contribution in [0.2, 0.25) is 0 Å². The molecule has 29 heavy (non-hydrogen) atoms. The van der Waals surface area contributed by atoms with Crippen molar-refractivity contribution in [1.82, 2.24) is 9.88 Å².